The Bertz CT molecular complexity index is 612. The fraction of sp³-hybridized carbons (Fsp3) is 0.611. The van der Waals surface area contributed by atoms with Gasteiger partial charge in [-0.05, 0) is 57.0 Å². The molecule has 1 spiro atoms. The smallest absolute Gasteiger partial charge is 0.322 e. The standard InChI is InChI=1S/C18H24ClN3O2/c19-14-4-3-5-15(10-14)20-17(23)22-12-18(13-22)7-6-16(24-18)11-21-8-1-2-9-21/h3-5,10,16H,1-2,6-9,11-13H2,(H,20,23). The molecule has 3 heterocycles. The van der Waals surface area contributed by atoms with E-state index in [-0.39, 0.29) is 11.6 Å². The molecule has 6 heteroatoms. The molecule has 4 rings (SSSR count). The van der Waals surface area contributed by atoms with Crippen molar-refractivity contribution >= 4 is 23.3 Å². The molecule has 2 amide bonds. The van der Waals surface area contributed by atoms with Crippen LogP contribution in [-0.4, -0.2) is 60.3 Å². The van der Waals surface area contributed by atoms with Crippen LogP contribution < -0.4 is 5.32 Å². The number of likely N-dealkylation sites (tertiary alicyclic amines) is 2. The Morgan fingerprint density at radius 3 is 2.88 bits per heavy atom. The summed E-state index contributed by atoms with van der Waals surface area (Å²) >= 11 is 5.95. The van der Waals surface area contributed by atoms with Crippen molar-refractivity contribution in [3.05, 3.63) is 29.3 Å². The lowest BCUT2D eigenvalue weighted by Crippen LogP contribution is -2.64. The van der Waals surface area contributed by atoms with Crippen molar-refractivity contribution in [2.75, 3.05) is 38.0 Å². The Balaban J connectivity index is 1.26. The van der Waals surface area contributed by atoms with Crippen molar-refractivity contribution in [2.45, 2.75) is 37.4 Å². The number of carbonyl (C=O) groups is 1. The minimum atomic E-state index is -0.101. The molecule has 130 valence electrons. The number of carbonyl (C=O) groups excluding carboxylic acids is 1. The molecule has 24 heavy (non-hydrogen) atoms. The Hall–Kier alpha value is -1.30. The maximum Gasteiger partial charge on any atom is 0.322 e. The number of amides is 2. The third-order valence-corrected chi connectivity index (χ3v) is 5.56. The van der Waals surface area contributed by atoms with Gasteiger partial charge in [-0.3, -0.25) is 0 Å². The van der Waals surface area contributed by atoms with Gasteiger partial charge in [-0.25, -0.2) is 4.79 Å². The summed E-state index contributed by atoms with van der Waals surface area (Å²) in [7, 11) is 0. The summed E-state index contributed by atoms with van der Waals surface area (Å²) in [6.45, 7) is 4.85. The quantitative estimate of drug-likeness (QED) is 0.911. The predicted molar refractivity (Wildman–Crippen MR) is 94.6 cm³/mol. The van der Waals surface area contributed by atoms with E-state index in [2.05, 4.69) is 10.2 Å². The zero-order valence-corrected chi connectivity index (χ0v) is 14.6. The average molecular weight is 350 g/mol. The Labute approximate surface area is 147 Å². The SMILES string of the molecule is O=C(Nc1cccc(Cl)c1)N1CC2(CCC(CN3CCCC3)O2)C1. The second-order valence-electron chi connectivity index (χ2n) is 7.27. The van der Waals surface area contributed by atoms with Gasteiger partial charge in [0.05, 0.1) is 19.2 Å². The Morgan fingerprint density at radius 2 is 2.12 bits per heavy atom. The molecule has 3 saturated heterocycles. The van der Waals surface area contributed by atoms with Crippen molar-refractivity contribution in [1.29, 1.82) is 0 Å². The van der Waals surface area contributed by atoms with Crippen LogP contribution in [0.2, 0.25) is 5.02 Å². The number of anilines is 1. The van der Waals surface area contributed by atoms with Crippen LogP contribution in [0.5, 0.6) is 0 Å². The van der Waals surface area contributed by atoms with Gasteiger partial charge < -0.3 is 19.9 Å². The molecular formula is C18H24ClN3O2. The first kappa shape index (κ1) is 16.2. The van der Waals surface area contributed by atoms with E-state index in [9.17, 15) is 4.79 Å². The first-order chi connectivity index (χ1) is 11.6. The normalized spacial score (nSPS) is 25.9. The molecule has 5 nitrogen and oxygen atoms in total. The number of benzene rings is 1. The van der Waals surface area contributed by atoms with E-state index >= 15 is 0 Å². The Kier molecular flexibility index (Phi) is 4.41. The van der Waals surface area contributed by atoms with Gasteiger partial charge in [0, 0.05) is 17.3 Å². The first-order valence-electron chi connectivity index (χ1n) is 8.84. The summed E-state index contributed by atoms with van der Waals surface area (Å²) in [5, 5.41) is 3.52. The van der Waals surface area contributed by atoms with Crippen LogP contribution in [0.4, 0.5) is 10.5 Å². The minimum absolute atomic E-state index is 0.0746. The molecule has 3 fully saturated rings. The molecule has 3 aliphatic heterocycles. The third-order valence-electron chi connectivity index (χ3n) is 5.32. The van der Waals surface area contributed by atoms with Crippen LogP contribution in [0.15, 0.2) is 24.3 Å². The van der Waals surface area contributed by atoms with Crippen LogP contribution in [0.25, 0.3) is 0 Å². The van der Waals surface area contributed by atoms with Crippen LogP contribution in [0.3, 0.4) is 0 Å². The number of nitrogens with one attached hydrogen (secondary N) is 1. The van der Waals surface area contributed by atoms with Crippen LogP contribution in [-0.2, 0) is 4.74 Å². The van der Waals surface area contributed by atoms with E-state index < -0.39 is 0 Å². The lowest BCUT2D eigenvalue weighted by atomic mass is 9.91. The molecule has 1 atom stereocenters. The van der Waals surface area contributed by atoms with E-state index in [1.807, 2.05) is 17.0 Å². The molecule has 1 aromatic rings. The molecule has 0 radical (unpaired) electrons. The van der Waals surface area contributed by atoms with Crippen molar-refractivity contribution < 1.29 is 9.53 Å². The molecule has 1 aromatic carbocycles. The maximum atomic E-state index is 12.3. The highest BCUT2D eigenvalue weighted by Crippen LogP contribution is 2.38. The summed E-state index contributed by atoms with van der Waals surface area (Å²) < 4.78 is 6.31. The fourth-order valence-corrected chi connectivity index (χ4v) is 4.26. The fourth-order valence-electron chi connectivity index (χ4n) is 4.07. The van der Waals surface area contributed by atoms with E-state index in [0.29, 0.717) is 24.2 Å². The summed E-state index contributed by atoms with van der Waals surface area (Å²) in [6.07, 6.45) is 5.14. The van der Waals surface area contributed by atoms with Gasteiger partial charge >= 0.3 is 6.03 Å². The van der Waals surface area contributed by atoms with Gasteiger partial charge in [-0.1, -0.05) is 17.7 Å². The first-order valence-corrected chi connectivity index (χ1v) is 9.21. The largest absolute Gasteiger partial charge is 0.367 e. The number of halogens is 1. The van der Waals surface area contributed by atoms with Crippen LogP contribution in [0.1, 0.15) is 25.7 Å². The van der Waals surface area contributed by atoms with Gasteiger partial charge in [0.1, 0.15) is 5.60 Å². The summed E-state index contributed by atoms with van der Waals surface area (Å²) in [6, 6.07) is 7.15. The van der Waals surface area contributed by atoms with E-state index in [1.54, 1.807) is 12.1 Å². The number of ether oxygens (including phenoxy) is 1. The average Bonchev–Trinajstić information content (AvgIpc) is 3.16. The van der Waals surface area contributed by atoms with Crippen molar-refractivity contribution in [3.63, 3.8) is 0 Å². The van der Waals surface area contributed by atoms with E-state index in [0.717, 1.165) is 25.1 Å². The summed E-state index contributed by atoms with van der Waals surface area (Å²) in [5.41, 5.74) is 0.628. The second-order valence-corrected chi connectivity index (χ2v) is 7.70. The van der Waals surface area contributed by atoms with Crippen LogP contribution in [0, 0.1) is 0 Å². The number of urea groups is 1. The lowest BCUT2D eigenvalue weighted by Gasteiger charge is -2.47. The molecule has 0 bridgehead atoms. The van der Waals surface area contributed by atoms with Gasteiger partial charge in [-0.2, -0.15) is 0 Å². The van der Waals surface area contributed by atoms with Crippen LogP contribution >= 0.6 is 11.6 Å². The zero-order valence-electron chi connectivity index (χ0n) is 13.8. The molecule has 0 aliphatic carbocycles. The highest BCUT2D eigenvalue weighted by molar-refractivity contribution is 6.30. The van der Waals surface area contributed by atoms with E-state index in [1.165, 1.54) is 25.9 Å². The molecule has 0 aromatic heterocycles. The lowest BCUT2D eigenvalue weighted by molar-refractivity contribution is -0.120. The number of hydrogen-bond acceptors (Lipinski definition) is 3. The van der Waals surface area contributed by atoms with Gasteiger partial charge in [-0.15, -0.1) is 0 Å². The van der Waals surface area contributed by atoms with Crippen molar-refractivity contribution in [3.8, 4) is 0 Å². The van der Waals surface area contributed by atoms with Gasteiger partial charge in [0.2, 0.25) is 0 Å². The van der Waals surface area contributed by atoms with Crippen molar-refractivity contribution in [2.24, 2.45) is 0 Å². The second kappa shape index (κ2) is 6.54. The maximum absolute atomic E-state index is 12.3. The number of nitrogens with zero attached hydrogens (tertiary/aromatic N) is 2. The summed E-state index contributed by atoms with van der Waals surface area (Å²) in [4.78, 5) is 16.6. The number of rotatable bonds is 3. The zero-order chi connectivity index (χ0) is 16.6. The Morgan fingerprint density at radius 1 is 1.33 bits per heavy atom. The molecule has 1 N–H and O–H groups in total. The topological polar surface area (TPSA) is 44.8 Å². The highest BCUT2D eigenvalue weighted by Gasteiger charge is 2.51. The van der Waals surface area contributed by atoms with Gasteiger partial charge in [0.15, 0.2) is 0 Å². The highest BCUT2D eigenvalue weighted by atomic mass is 35.5. The number of hydrogen-bond donors (Lipinski definition) is 1. The monoisotopic (exact) mass is 349 g/mol. The van der Waals surface area contributed by atoms with Gasteiger partial charge in [0.25, 0.3) is 0 Å². The molecule has 3 aliphatic rings. The van der Waals surface area contributed by atoms with E-state index in [4.69, 9.17) is 16.3 Å². The van der Waals surface area contributed by atoms with Crippen molar-refractivity contribution in [1.82, 2.24) is 9.80 Å². The predicted octanol–water partition coefficient (Wildman–Crippen LogP) is 3.20. The molecular weight excluding hydrogens is 326 g/mol. The minimum Gasteiger partial charge on any atom is -0.367 e. The third kappa shape index (κ3) is 3.39. The molecule has 0 saturated carbocycles. The molecule has 1 unspecified atom stereocenters. The summed E-state index contributed by atoms with van der Waals surface area (Å²) in [5.74, 6) is 0.